The average Bonchev–Trinajstić information content (AvgIpc) is 3.05. The summed E-state index contributed by atoms with van der Waals surface area (Å²) in [6.45, 7) is 0. The Labute approximate surface area is 137 Å². The molecule has 3 nitrogen and oxygen atoms in total. The molecular weight excluding hydrogens is 348 g/mol. The number of halogens is 6. The fraction of sp³-hybridized carbons (Fsp3) is 0.125. The minimum atomic E-state index is -4.69. The molecule has 0 radical (unpaired) electrons. The van der Waals surface area contributed by atoms with Gasteiger partial charge < -0.3 is 0 Å². The number of aromatic nitrogens is 3. The second kappa shape index (κ2) is 5.91. The summed E-state index contributed by atoms with van der Waals surface area (Å²) in [5.41, 5.74) is -2.42. The van der Waals surface area contributed by atoms with Crippen molar-refractivity contribution in [1.82, 2.24) is 15.2 Å². The van der Waals surface area contributed by atoms with Crippen LogP contribution in [-0.2, 0) is 12.4 Å². The number of nitrogens with one attached hydrogen (secondary N) is 1. The Bertz CT molecular complexity index is 881. The minimum Gasteiger partial charge on any atom is -0.273 e. The predicted molar refractivity (Wildman–Crippen MR) is 77.3 cm³/mol. The zero-order chi connectivity index (χ0) is 18.2. The lowest BCUT2D eigenvalue weighted by atomic mass is 10.1. The van der Waals surface area contributed by atoms with E-state index in [0.29, 0.717) is 17.7 Å². The van der Waals surface area contributed by atoms with Gasteiger partial charge in [-0.3, -0.25) is 5.10 Å². The molecule has 0 aliphatic heterocycles. The van der Waals surface area contributed by atoms with Crippen molar-refractivity contribution < 1.29 is 26.3 Å². The number of aromatic amines is 1. The molecule has 0 unspecified atom stereocenters. The van der Waals surface area contributed by atoms with Crippen LogP contribution >= 0.6 is 0 Å². The second-order valence-corrected chi connectivity index (χ2v) is 5.15. The summed E-state index contributed by atoms with van der Waals surface area (Å²) in [5, 5.41) is 5.20. The molecule has 0 spiro atoms. The maximum atomic E-state index is 13.1. The van der Waals surface area contributed by atoms with E-state index in [1.54, 1.807) is 35.4 Å². The SMILES string of the molecule is FC(F)(F)c1cc(-c2ccccc2)nc(-c2cc(C(F)(F)F)[nH]n2)c1. The number of nitrogens with zero attached hydrogens (tertiary/aromatic N) is 2. The second-order valence-electron chi connectivity index (χ2n) is 5.15. The Kier molecular flexibility index (Phi) is 4.02. The van der Waals surface area contributed by atoms with Gasteiger partial charge in [-0.1, -0.05) is 30.3 Å². The third-order valence-electron chi connectivity index (χ3n) is 3.37. The fourth-order valence-corrected chi connectivity index (χ4v) is 2.18. The molecule has 1 aromatic carbocycles. The van der Waals surface area contributed by atoms with Crippen molar-refractivity contribution in [3.63, 3.8) is 0 Å². The summed E-state index contributed by atoms with van der Waals surface area (Å²) in [6, 6.07) is 10.2. The molecule has 9 heteroatoms. The predicted octanol–water partition coefficient (Wildman–Crippen LogP) is 5.18. The first-order valence-corrected chi connectivity index (χ1v) is 6.92. The van der Waals surface area contributed by atoms with Crippen LogP contribution in [0.2, 0.25) is 0 Å². The summed E-state index contributed by atoms with van der Waals surface area (Å²) in [5.74, 6) is 0. The minimum absolute atomic E-state index is 0.0121. The Morgan fingerprint density at radius 1 is 0.720 bits per heavy atom. The van der Waals surface area contributed by atoms with Crippen LogP contribution in [0.25, 0.3) is 22.6 Å². The van der Waals surface area contributed by atoms with Crippen LogP contribution in [0.5, 0.6) is 0 Å². The van der Waals surface area contributed by atoms with Gasteiger partial charge in [-0.05, 0) is 18.2 Å². The van der Waals surface area contributed by atoms with Gasteiger partial charge in [0.15, 0.2) is 0 Å². The van der Waals surface area contributed by atoms with Crippen LogP contribution in [0.4, 0.5) is 26.3 Å². The number of H-pyrrole nitrogens is 1. The molecule has 25 heavy (non-hydrogen) atoms. The molecule has 0 amide bonds. The molecule has 3 rings (SSSR count). The quantitative estimate of drug-likeness (QED) is 0.643. The van der Waals surface area contributed by atoms with E-state index in [4.69, 9.17) is 0 Å². The highest BCUT2D eigenvalue weighted by atomic mass is 19.4. The standard InChI is InChI=1S/C16H9F6N3/c17-15(18,19)10-6-11(9-4-2-1-3-5-9)23-12(7-10)13-8-14(25-24-13)16(20,21)22/h1-8H,(H,24,25). The van der Waals surface area contributed by atoms with E-state index in [9.17, 15) is 26.3 Å². The van der Waals surface area contributed by atoms with Crippen molar-refractivity contribution in [3.05, 3.63) is 59.8 Å². The van der Waals surface area contributed by atoms with E-state index in [1.807, 2.05) is 0 Å². The molecule has 0 aliphatic rings. The van der Waals surface area contributed by atoms with Crippen LogP contribution < -0.4 is 0 Å². The summed E-state index contributed by atoms with van der Waals surface area (Å²) in [6.07, 6.45) is -9.36. The highest BCUT2D eigenvalue weighted by Crippen LogP contribution is 2.35. The van der Waals surface area contributed by atoms with Crippen molar-refractivity contribution in [2.45, 2.75) is 12.4 Å². The van der Waals surface area contributed by atoms with Gasteiger partial charge in [-0.15, -0.1) is 0 Å². The molecule has 2 aromatic heterocycles. The van der Waals surface area contributed by atoms with E-state index >= 15 is 0 Å². The maximum Gasteiger partial charge on any atom is 0.432 e. The lowest BCUT2D eigenvalue weighted by molar-refractivity contribution is -0.141. The van der Waals surface area contributed by atoms with Crippen molar-refractivity contribution >= 4 is 0 Å². The fourth-order valence-electron chi connectivity index (χ4n) is 2.18. The maximum absolute atomic E-state index is 13.1. The van der Waals surface area contributed by atoms with Gasteiger partial charge in [0.2, 0.25) is 0 Å². The molecule has 0 saturated carbocycles. The number of benzene rings is 1. The molecule has 2 heterocycles. The Morgan fingerprint density at radius 3 is 1.92 bits per heavy atom. The average molecular weight is 357 g/mol. The summed E-state index contributed by atoms with van der Waals surface area (Å²) in [4.78, 5) is 4.03. The smallest absolute Gasteiger partial charge is 0.273 e. The highest BCUT2D eigenvalue weighted by Gasteiger charge is 2.35. The zero-order valence-electron chi connectivity index (χ0n) is 12.3. The third-order valence-corrected chi connectivity index (χ3v) is 3.37. The highest BCUT2D eigenvalue weighted by molar-refractivity contribution is 5.66. The van der Waals surface area contributed by atoms with Crippen molar-refractivity contribution in [2.24, 2.45) is 0 Å². The molecule has 3 aromatic rings. The molecule has 1 N–H and O–H groups in total. The molecule has 0 fully saturated rings. The summed E-state index contributed by atoms with van der Waals surface area (Å²) >= 11 is 0. The van der Waals surface area contributed by atoms with Crippen molar-refractivity contribution in [2.75, 3.05) is 0 Å². The molecule has 0 atom stereocenters. The Morgan fingerprint density at radius 2 is 1.36 bits per heavy atom. The Hall–Kier alpha value is -2.84. The van der Waals surface area contributed by atoms with E-state index in [-0.39, 0.29) is 17.1 Å². The first kappa shape index (κ1) is 17.0. The topological polar surface area (TPSA) is 41.6 Å². The van der Waals surface area contributed by atoms with E-state index in [0.717, 1.165) is 6.07 Å². The van der Waals surface area contributed by atoms with Crippen LogP contribution in [0.1, 0.15) is 11.3 Å². The molecule has 0 aliphatic carbocycles. The molecule has 130 valence electrons. The van der Waals surface area contributed by atoms with Gasteiger partial charge in [0.25, 0.3) is 0 Å². The van der Waals surface area contributed by atoms with Gasteiger partial charge in [-0.25, -0.2) is 4.98 Å². The van der Waals surface area contributed by atoms with Gasteiger partial charge in [0, 0.05) is 5.56 Å². The molecular formula is C16H9F6N3. The van der Waals surface area contributed by atoms with E-state index < -0.39 is 23.6 Å². The normalized spacial score (nSPS) is 12.4. The third kappa shape index (κ3) is 3.65. The van der Waals surface area contributed by atoms with Crippen LogP contribution in [-0.4, -0.2) is 15.2 Å². The first-order valence-electron chi connectivity index (χ1n) is 6.92. The largest absolute Gasteiger partial charge is 0.432 e. The Balaban J connectivity index is 2.15. The summed E-state index contributed by atoms with van der Waals surface area (Å²) in [7, 11) is 0. The number of hydrogen-bond acceptors (Lipinski definition) is 2. The molecule has 0 saturated heterocycles. The van der Waals surface area contributed by atoms with Crippen molar-refractivity contribution in [3.8, 4) is 22.6 Å². The number of rotatable bonds is 2. The number of alkyl halides is 6. The van der Waals surface area contributed by atoms with Gasteiger partial charge in [0.1, 0.15) is 11.4 Å². The van der Waals surface area contributed by atoms with Crippen LogP contribution in [0.15, 0.2) is 48.5 Å². The first-order chi connectivity index (χ1) is 11.6. The number of hydrogen-bond donors (Lipinski definition) is 1. The molecule has 0 bridgehead atoms. The summed E-state index contributed by atoms with van der Waals surface area (Å²) < 4.78 is 77.4. The number of pyridine rings is 1. The lowest BCUT2D eigenvalue weighted by Crippen LogP contribution is -2.06. The van der Waals surface area contributed by atoms with E-state index in [2.05, 4.69) is 10.1 Å². The van der Waals surface area contributed by atoms with Crippen LogP contribution in [0.3, 0.4) is 0 Å². The van der Waals surface area contributed by atoms with E-state index in [1.165, 1.54) is 0 Å². The monoisotopic (exact) mass is 357 g/mol. The zero-order valence-corrected chi connectivity index (χ0v) is 12.3. The van der Waals surface area contributed by atoms with Gasteiger partial charge in [0.05, 0.1) is 17.0 Å². The van der Waals surface area contributed by atoms with Crippen LogP contribution in [0, 0.1) is 0 Å². The van der Waals surface area contributed by atoms with Gasteiger partial charge >= 0.3 is 12.4 Å². The lowest BCUT2D eigenvalue weighted by Gasteiger charge is -2.11. The van der Waals surface area contributed by atoms with Gasteiger partial charge in [-0.2, -0.15) is 31.4 Å². The van der Waals surface area contributed by atoms with Crippen molar-refractivity contribution in [1.29, 1.82) is 0 Å².